The molecule has 1 aliphatic rings. The van der Waals surface area contributed by atoms with Crippen LogP contribution in [0.15, 0.2) is 47.4 Å². The zero-order valence-corrected chi connectivity index (χ0v) is 17.7. The van der Waals surface area contributed by atoms with Gasteiger partial charge in [0.15, 0.2) is 5.78 Å². The first-order chi connectivity index (χ1) is 13.8. The normalized spacial score (nSPS) is 15.5. The summed E-state index contributed by atoms with van der Waals surface area (Å²) in [6.07, 6.45) is 3.68. The molecule has 1 aliphatic heterocycles. The third kappa shape index (κ3) is 5.04. The van der Waals surface area contributed by atoms with Crippen molar-refractivity contribution in [3.8, 4) is 0 Å². The van der Waals surface area contributed by atoms with E-state index >= 15 is 0 Å². The molecule has 29 heavy (non-hydrogen) atoms. The number of carbonyl (C=O) groups is 2. The number of halogens is 1. The molecule has 0 saturated carbocycles. The van der Waals surface area contributed by atoms with Gasteiger partial charge in [0.05, 0.1) is 15.5 Å². The third-order valence-electron chi connectivity index (χ3n) is 4.91. The molecule has 0 radical (unpaired) electrons. The highest BCUT2D eigenvalue weighted by atomic mass is 35.5. The van der Waals surface area contributed by atoms with Crippen molar-refractivity contribution in [3.05, 3.63) is 58.6 Å². The molecule has 1 heterocycles. The van der Waals surface area contributed by atoms with E-state index in [9.17, 15) is 18.0 Å². The van der Waals surface area contributed by atoms with Crippen LogP contribution < -0.4 is 5.32 Å². The molecule has 0 aromatic heterocycles. The number of sulfonamides is 1. The molecule has 2 aromatic carbocycles. The molecule has 0 atom stereocenters. The number of benzene rings is 2. The largest absolute Gasteiger partial charge is 0.322 e. The fourth-order valence-corrected chi connectivity index (χ4v) is 5.03. The molecule has 1 saturated heterocycles. The highest BCUT2D eigenvalue weighted by molar-refractivity contribution is 7.89. The maximum atomic E-state index is 13.0. The molecular formula is C21H23ClN2O4S. The number of Topliss-reactive ketones (excluding diaryl/α,β-unsaturated/α-hetero) is 1. The van der Waals surface area contributed by atoms with Crippen LogP contribution in [0.25, 0.3) is 0 Å². The predicted molar refractivity (Wildman–Crippen MR) is 113 cm³/mol. The number of ketones is 1. The Balaban J connectivity index is 1.87. The molecule has 2 aromatic rings. The van der Waals surface area contributed by atoms with Crippen LogP contribution in [0, 0.1) is 0 Å². The number of nitrogens with zero attached hydrogens (tertiary/aromatic N) is 1. The van der Waals surface area contributed by atoms with E-state index < -0.39 is 15.9 Å². The molecule has 0 spiro atoms. The number of nitrogens with one attached hydrogen (secondary N) is 1. The maximum Gasteiger partial charge on any atom is 0.257 e. The Morgan fingerprint density at radius 3 is 2.34 bits per heavy atom. The van der Waals surface area contributed by atoms with E-state index in [0.717, 1.165) is 25.7 Å². The number of hydrogen-bond donors (Lipinski definition) is 1. The summed E-state index contributed by atoms with van der Waals surface area (Å²) in [6, 6.07) is 10.7. The van der Waals surface area contributed by atoms with Crippen LogP contribution in [0.2, 0.25) is 5.02 Å². The molecule has 3 rings (SSSR count). The standard InChI is InChI=1S/C21H23ClN2O4S/c1-15(25)16-7-6-8-17(13-16)23-21(26)19-14-18(9-10-20(19)22)29(27,28)24-11-4-2-3-5-12-24/h6-10,13-14H,2-5,11-12H2,1H3,(H,23,26). The maximum absolute atomic E-state index is 13.0. The summed E-state index contributed by atoms with van der Waals surface area (Å²) in [5.41, 5.74) is 0.960. The van der Waals surface area contributed by atoms with Gasteiger partial charge >= 0.3 is 0 Å². The van der Waals surface area contributed by atoms with Crippen molar-refractivity contribution in [3.63, 3.8) is 0 Å². The smallest absolute Gasteiger partial charge is 0.257 e. The number of amides is 1. The van der Waals surface area contributed by atoms with Gasteiger partial charge in [0.2, 0.25) is 10.0 Å². The third-order valence-corrected chi connectivity index (χ3v) is 7.14. The molecule has 0 unspecified atom stereocenters. The first-order valence-corrected chi connectivity index (χ1v) is 11.3. The average molecular weight is 435 g/mol. The van der Waals surface area contributed by atoms with Crippen molar-refractivity contribution >= 4 is 39.0 Å². The minimum Gasteiger partial charge on any atom is -0.322 e. The average Bonchev–Trinajstić information content (AvgIpc) is 2.98. The van der Waals surface area contributed by atoms with Gasteiger partial charge in [-0.15, -0.1) is 0 Å². The number of carbonyl (C=O) groups excluding carboxylic acids is 2. The van der Waals surface area contributed by atoms with Gasteiger partial charge in [0, 0.05) is 24.3 Å². The van der Waals surface area contributed by atoms with E-state index in [0.29, 0.717) is 24.3 Å². The molecule has 0 bridgehead atoms. The van der Waals surface area contributed by atoms with Gasteiger partial charge < -0.3 is 5.32 Å². The number of anilines is 1. The molecular weight excluding hydrogens is 412 g/mol. The summed E-state index contributed by atoms with van der Waals surface area (Å²) >= 11 is 6.18. The Morgan fingerprint density at radius 1 is 1.00 bits per heavy atom. The van der Waals surface area contributed by atoms with Crippen molar-refractivity contribution in [1.29, 1.82) is 0 Å². The van der Waals surface area contributed by atoms with Gasteiger partial charge in [-0.3, -0.25) is 9.59 Å². The summed E-state index contributed by atoms with van der Waals surface area (Å²) in [6.45, 7) is 2.39. The lowest BCUT2D eigenvalue weighted by atomic mass is 10.1. The predicted octanol–water partition coefficient (Wildman–Crippen LogP) is 4.36. The Labute approximate surface area is 175 Å². The highest BCUT2D eigenvalue weighted by Crippen LogP contribution is 2.26. The number of hydrogen-bond acceptors (Lipinski definition) is 4. The van der Waals surface area contributed by atoms with Crippen LogP contribution in [0.4, 0.5) is 5.69 Å². The van der Waals surface area contributed by atoms with E-state index in [1.807, 2.05) is 0 Å². The van der Waals surface area contributed by atoms with E-state index in [4.69, 9.17) is 11.6 Å². The lowest BCUT2D eigenvalue weighted by molar-refractivity contribution is 0.101. The van der Waals surface area contributed by atoms with Gasteiger partial charge in [-0.2, -0.15) is 4.31 Å². The number of rotatable bonds is 5. The Bertz CT molecular complexity index is 1030. The fraction of sp³-hybridized carbons (Fsp3) is 0.333. The molecule has 0 aliphatic carbocycles. The van der Waals surface area contributed by atoms with E-state index in [2.05, 4.69) is 5.32 Å². The van der Waals surface area contributed by atoms with Crippen LogP contribution in [0.5, 0.6) is 0 Å². The van der Waals surface area contributed by atoms with Gasteiger partial charge in [-0.1, -0.05) is 36.6 Å². The summed E-state index contributed by atoms with van der Waals surface area (Å²) in [5.74, 6) is -0.659. The highest BCUT2D eigenvalue weighted by Gasteiger charge is 2.26. The fourth-order valence-electron chi connectivity index (χ4n) is 3.28. The van der Waals surface area contributed by atoms with Gasteiger partial charge in [-0.05, 0) is 50.1 Å². The topological polar surface area (TPSA) is 83.5 Å². The lowest BCUT2D eigenvalue weighted by Crippen LogP contribution is -2.32. The molecule has 1 N–H and O–H groups in total. The minimum atomic E-state index is -3.70. The molecule has 6 nitrogen and oxygen atoms in total. The zero-order chi connectivity index (χ0) is 21.0. The first-order valence-electron chi connectivity index (χ1n) is 9.51. The van der Waals surface area contributed by atoms with Gasteiger partial charge in [0.1, 0.15) is 0 Å². The van der Waals surface area contributed by atoms with Crippen LogP contribution in [0.3, 0.4) is 0 Å². The second-order valence-corrected chi connectivity index (χ2v) is 9.40. The Morgan fingerprint density at radius 2 is 1.69 bits per heavy atom. The van der Waals surface area contributed by atoms with Crippen molar-refractivity contribution < 1.29 is 18.0 Å². The first kappa shape index (κ1) is 21.5. The van der Waals surface area contributed by atoms with Crippen molar-refractivity contribution in [2.75, 3.05) is 18.4 Å². The van der Waals surface area contributed by atoms with Crippen LogP contribution in [-0.2, 0) is 10.0 Å². The Kier molecular flexibility index (Phi) is 6.72. The zero-order valence-electron chi connectivity index (χ0n) is 16.2. The second kappa shape index (κ2) is 9.07. The van der Waals surface area contributed by atoms with Crippen LogP contribution in [-0.4, -0.2) is 37.5 Å². The van der Waals surface area contributed by atoms with Gasteiger partial charge in [-0.25, -0.2) is 8.42 Å². The van der Waals surface area contributed by atoms with Crippen LogP contribution in [0.1, 0.15) is 53.3 Å². The Hall–Kier alpha value is -2.22. The minimum absolute atomic E-state index is 0.0476. The summed E-state index contributed by atoms with van der Waals surface area (Å²) in [4.78, 5) is 24.3. The molecule has 154 valence electrons. The summed E-state index contributed by atoms with van der Waals surface area (Å²) in [5, 5.41) is 2.83. The summed E-state index contributed by atoms with van der Waals surface area (Å²) < 4.78 is 27.5. The monoisotopic (exact) mass is 434 g/mol. The van der Waals surface area contributed by atoms with Crippen LogP contribution >= 0.6 is 11.6 Å². The van der Waals surface area contributed by atoms with Crippen molar-refractivity contribution in [2.45, 2.75) is 37.5 Å². The molecule has 8 heteroatoms. The summed E-state index contributed by atoms with van der Waals surface area (Å²) in [7, 11) is -3.70. The SMILES string of the molecule is CC(=O)c1cccc(NC(=O)c2cc(S(=O)(=O)N3CCCCCC3)ccc2Cl)c1. The molecule has 1 fully saturated rings. The van der Waals surface area contributed by atoms with E-state index in [1.54, 1.807) is 24.3 Å². The molecule has 1 amide bonds. The van der Waals surface area contributed by atoms with Crippen molar-refractivity contribution in [1.82, 2.24) is 4.31 Å². The quantitative estimate of drug-likeness (QED) is 0.708. The van der Waals surface area contributed by atoms with Gasteiger partial charge in [0.25, 0.3) is 5.91 Å². The second-order valence-electron chi connectivity index (χ2n) is 7.05. The van der Waals surface area contributed by atoms with E-state index in [-0.39, 0.29) is 21.3 Å². The van der Waals surface area contributed by atoms with Crippen molar-refractivity contribution in [2.24, 2.45) is 0 Å². The lowest BCUT2D eigenvalue weighted by Gasteiger charge is -2.20. The van der Waals surface area contributed by atoms with E-state index in [1.165, 1.54) is 29.4 Å².